The smallest absolute Gasteiger partial charge is 0.0699 e. The number of rotatable bonds is 1. The Labute approximate surface area is 79.9 Å². The Morgan fingerprint density at radius 2 is 1.67 bits per heavy atom. The third-order valence-corrected chi connectivity index (χ3v) is 2.78. The lowest BCUT2D eigenvalue weighted by atomic mass is 9.44. The van der Waals surface area contributed by atoms with E-state index in [1.54, 1.807) is 0 Å². The molecule has 61 valence electrons. The Morgan fingerprint density at radius 1 is 1.00 bits per heavy atom. The van der Waals surface area contributed by atoms with Gasteiger partial charge in [0.05, 0.1) is 15.0 Å². The molecule has 1 rings (SSSR count). The van der Waals surface area contributed by atoms with Crippen LogP contribution in [-0.4, -0.2) is 22.8 Å². The lowest BCUT2D eigenvalue weighted by Crippen LogP contribution is -2.07. The lowest BCUT2D eigenvalue weighted by molar-refractivity contribution is 0.621. The van der Waals surface area contributed by atoms with Crippen LogP contribution in [0.15, 0.2) is 0 Å². The first kappa shape index (κ1) is 10.3. The Morgan fingerprint density at radius 3 is 2.33 bits per heavy atom. The first-order valence-electron chi connectivity index (χ1n) is 5.13. The normalized spacial score (nSPS) is 33.0. The van der Waals surface area contributed by atoms with E-state index in [0.717, 1.165) is 6.42 Å². The van der Waals surface area contributed by atoms with Gasteiger partial charge in [0.15, 0.2) is 0 Å². The van der Waals surface area contributed by atoms with Crippen molar-refractivity contribution >= 4 is 22.8 Å². The van der Waals surface area contributed by atoms with Crippen molar-refractivity contribution in [3.05, 3.63) is 0 Å². The van der Waals surface area contributed by atoms with Gasteiger partial charge in [0.1, 0.15) is 0 Å². The molecular weight excluding hydrogens is 141 g/mol. The molecule has 2 atom stereocenters. The fourth-order valence-electron chi connectivity index (χ4n) is 1.97. The highest BCUT2D eigenvalue weighted by molar-refractivity contribution is 6.90. The second-order valence-electron chi connectivity index (χ2n) is 3.94. The van der Waals surface area contributed by atoms with E-state index in [2.05, 4.69) is 0 Å². The van der Waals surface area contributed by atoms with Crippen LogP contribution in [0.2, 0.25) is 11.6 Å². The molecule has 0 aliphatic heterocycles. The van der Waals surface area contributed by atoms with Crippen LogP contribution >= 0.6 is 0 Å². The highest BCUT2D eigenvalue weighted by Crippen LogP contribution is 2.30. The minimum absolute atomic E-state index is 0.382. The zero-order chi connectivity index (χ0) is 8.81. The van der Waals surface area contributed by atoms with Gasteiger partial charge in [-0.25, -0.2) is 0 Å². The van der Waals surface area contributed by atoms with Crippen molar-refractivity contribution < 1.29 is 0 Å². The van der Waals surface area contributed by atoms with Gasteiger partial charge < -0.3 is 0 Å². The summed E-state index contributed by atoms with van der Waals surface area (Å²) >= 11 is 0. The molecule has 0 aromatic heterocycles. The van der Waals surface area contributed by atoms with Crippen LogP contribution in [0.4, 0.5) is 0 Å². The first-order valence-corrected chi connectivity index (χ1v) is 5.13. The van der Waals surface area contributed by atoms with Crippen molar-refractivity contribution in [1.29, 1.82) is 0 Å². The van der Waals surface area contributed by atoms with Crippen molar-refractivity contribution in [2.45, 2.75) is 56.6 Å². The van der Waals surface area contributed by atoms with E-state index in [1.807, 2.05) is 7.17 Å². The molecule has 0 nitrogen and oxygen atoms in total. The van der Waals surface area contributed by atoms with E-state index >= 15 is 0 Å². The molecule has 5 radical (unpaired) electrons. The van der Waals surface area contributed by atoms with Crippen molar-refractivity contribution in [3.8, 4) is 0 Å². The Kier molecular flexibility index (Phi) is 4.95. The minimum Gasteiger partial charge on any atom is -0.0786 e. The van der Waals surface area contributed by atoms with E-state index in [0.29, 0.717) is 11.6 Å². The highest BCUT2D eigenvalue weighted by Gasteiger charge is 2.12. The van der Waals surface area contributed by atoms with Crippen molar-refractivity contribution in [3.63, 3.8) is 0 Å². The van der Waals surface area contributed by atoms with E-state index in [-0.39, 0.29) is 0 Å². The summed E-state index contributed by atoms with van der Waals surface area (Å²) in [6.07, 6.45) is 8.86. The van der Waals surface area contributed by atoms with Gasteiger partial charge in [-0.1, -0.05) is 56.6 Å². The lowest BCUT2D eigenvalue weighted by Gasteiger charge is -2.17. The third-order valence-electron chi connectivity index (χ3n) is 2.78. The maximum atomic E-state index is 5.96. The average molecular weight is 157 g/mol. The number of hydrogen-bond donors (Lipinski definition) is 0. The molecule has 3 heteroatoms. The molecule has 0 N–H and O–H groups in total. The summed E-state index contributed by atoms with van der Waals surface area (Å²) in [7, 11) is 13.4. The van der Waals surface area contributed by atoms with Gasteiger partial charge in [-0.15, -0.1) is 0 Å². The summed E-state index contributed by atoms with van der Waals surface area (Å²) in [4.78, 5) is 0. The quantitative estimate of drug-likeness (QED) is 0.511. The fraction of sp³-hybridized carbons (Fsp3) is 1.00. The highest BCUT2D eigenvalue weighted by atomic mass is 14.1. The molecule has 0 aromatic rings. The van der Waals surface area contributed by atoms with Gasteiger partial charge in [-0.3, -0.25) is 0 Å². The summed E-state index contributed by atoms with van der Waals surface area (Å²) in [5, 5.41) is 0. The van der Waals surface area contributed by atoms with Crippen LogP contribution in [0.25, 0.3) is 0 Å². The van der Waals surface area contributed by atoms with Crippen molar-refractivity contribution in [2.75, 3.05) is 0 Å². The zero-order valence-corrected chi connectivity index (χ0v) is 7.84. The third kappa shape index (κ3) is 3.73. The van der Waals surface area contributed by atoms with Crippen molar-refractivity contribution in [1.82, 2.24) is 0 Å². The van der Waals surface area contributed by atoms with Gasteiger partial charge >= 0.3 is 0 Å². The molecule has 0 saturated heterocycles. The first-order chi connectivity index (χ1) is 5.83. The topological polar surface area (TPSA) is 0 Å². The van der Waals surface area contributed by atoms with Crippen molar-refractivity contribution in [2.24, 2.45) is 0 Å². The molecule has 0 heterocycles. The Bertz CT molecular complexity index is 116. The largest absolute Gasteiger partial charge is 0.0786 e. The Hall–Kier alpha value is 0.195. The standard InChI is InChI=1S/C9H16B3/c10-8-5-3-1-2-4-6-9(7-8)12-11/h8-9H,1-7H2. The van der Waals surface area contributed by atoms with Crippen LogP contribution in [0.3, 0.4) is 0 Å². The summed E-state index contributed by atoms with van der Waals surface area (Å²) in [6, 6.07) is 0. The van der Waals surface area contributed by atoms with E-state index < -0.39 is 0 Å². The van der Waals surface area contributed by atoms with Crippen LogP contribution in [0.5, 0.6) is 0 Å². The molecule has 1 saturated carbocycles. The van der Waals surface area contributed by atoms with Gasteiger partial charge in [0.25, 0.3) is 0 Å². The number of hydrogen-bond acceptors (Lipinski definition) is 0. The van der Waals surface area contributed by atoms with E-state index in [9.17, 15) is 0 Å². The predicted octanol–water partition coefficient (Wildman–Crippen LogP) is 2.26. The molecule has 0 aromatic carbocycles. The van der Waals surface area contributed by atoms with Gasteiger partial charge in [-0.05, 0) is 0 Å². The SMILES string of the molecule is [B][B]C1CCCCCCC([B])C1. The Balaban J connectivity index is 2.32. The van der Waals surface area contributed by atoms with E-state index in [4.69, 9.17) is 15.6 Å². The predicted molar refractivity (Wildman–Crippen MR) is 57.1 cm³/mol. The summed E-state index contributed by atoms with van der Waals surface area (Å²) in [5.74, 6) is 0.950. The fourth-order valence-corrected chi connectivity index (χ4v) is 1.97. The van der Waals surface area contributed by atoms with Crippen LogP contribution in [0.1, 0.15) is 44.9 Å². The van der Waals surface area contributed by atoms with Gasteiger partial charge in [0.2, 0.25) is 0 Å². The minimum atomic E-state index is 0.382. The molecule has 1 aliphatic rings. The monoisotopic (exact) mass is 157 g/mol. The zero-order valence-electron chi connectivity index (χ0n) is 7.84. The second kappa shape index (κ2) is 5.77. The van der Waals surface area contributed by atoms with Gasteiger partial charge in [0, 0.05) is 7.74 Å². The van der Waals surface area contributed by atoms with E-state index in [1.165, 1.54) is 38.5 Å². The summed E-state index contributed by atoms with van der Waals surface area (Å²) in [6.45, 7) is 0. The average Bonchev–Trinajstić information content (AvgIpc) is 2.16. The maximum absolute atomic E-state index is 5.96. The molecule has 0 bridgehead atoms. The molecule has 1 fully saturated rings. The maximum Gasteiger partial charge on any atom is 0.0699 e. The molecule has 1 aliphatic carbocycles. The van der Waals surface area contributed by atoms with Gasteiger partial charge in [-0.2, -0.15) is 0 Å². The molecule has 12 heavy (non-hydrogen) atoms. The molecule has 0 spiro atoms. The van der Waals surface area contributed by atoms with Crippen LogP contribution in [0, 0.1) is 0 Å². The van der Waals surface area contributed by atoms with Crippen LogP contribution in [-0.2, 0) is 0 Å². The molecular formula is C9H16B3. The molecule has 2 unspecified atom stereocenters. The second-order valence-corrected chi connectivity index (χ2v) is 3.94. The summed E-state index contributed by atoms with van der Waals surface area (Å²) < 4.78 is 0. The molecule has 0 amide bonds. The van der Waals surface area contributed by atoms with Crippen LogP contribution < -0.4 is 0 Å². The summed E-state index contributed by atoms with van der Waals surface area (Å²) in [5.41, 5.74) is 0.